The van der Waals surface area contributed by atoms with Crippen LogP contribution in [0.25, 0.3) is 0 Å². The molecular formula is C11H19N5. The van der Waals surface area contributed by atoms with Crippen LogP contribution >= 0.6 is 0 Å². The third kappa shape index (κ3) is 2.61. The van der Waals surface area contributed by atoms with Gasteiger partial charge in [0.2, 0.25) is 0 Å². The van der Waals surface area contributed by atoms with Crippen LogP contribution in [0.15, 0.2) is 12.3 Å². The van der Waals surface area contributed by atoms with Crippen LogP contribution in [-0.2, 0) is 0 Å². The summed E-state index contributed by atoms with van der Waals surface area (Å²) in [6.07, 6.45) is 1.78. The molecule has 0 saturated carbocycles. The van der Waals surface area contributed by atoms with Gasteiger partial charge in [0.15, 0.2) is 5.82 Å². The van der Waals surface area contributed by atoms with Gasteiger partial charge < -0.3 is 16.0 Å². The van der Waals surface area contributed by atoms with Crippen LogP contribution in [0.3, 0.4) is 0 Å². The fraction of sp³-hybridized carbons (Fsp3) is 0.636. The first-order valence-electron chi connectivity index (χ1n) is 5.72. The van der Waals surface area contributed by atoms with Gasteiger partial charge >= 0.3 is 0 Å². The molecule has 0 aliphatic carbocycles. The first-order valence-corrected chi connectivity index (χ1v) is 5.72. The van der Waals surface area contributed by atoms with E-state index in [-0.39, 0.29) is 0 Å². The van der Waals surface area contributed by atoms with E-state index in [1.807, 2.05) is 6.07 Å². The Kier molecular flexibility index (Phi) is 3.24. The van der Waals surface area contributed by atoms with Crippen molar-refractivity contribution in [2.75, 3.05) is 29.9 Å². The molecule has 0 radical (unpaired) electrons. The molecule has 1 aromatic heterocycles. The molecule has 2 rings (SSSR count). The lowest BCUT2D eigenvalue weighted by atomic mass is 10.1. The summed E-state index contributed by atoms with van der Waals surface area (Å²) in [5, 5.41) is 11.3. The molecule has 3 N–H and O–H groups in total. The number of aromatic nitrogens is 2. The Morgan fingerprint density at radius 3 is 2.94 bits per heavy atom. The lowest BCUT2D eigenvalue weighted by molar-refractivity contribution is 0.518. The fourth-order valence-corrected chi connectivity index (χ4v) is 1.65. The highest BCUT2D eigenvalue weighted by Crippen LogP contribution is 2.20. The lowest BCUT2D eigenvalue weighted by Crippen LogP contribution is -2.55. The minimum Gasteiger partial charge on any atom is -0.368 e. The van der Waals surface area contributed by atoms with Gasteiger partial charge in [-0.05, 0) is 5.92 Å². The summed E-state index contributed by atoms with van der Waals surface area (Å²) in [6.45, 7) is 7.07. The van der Waals surface area contributed by atoms with Crippen molar-refractivity contribution < 1.29 is 0 Å². The summed E-state index contributed by atoms with van der Waals surface area (Å²) in [5.41, 5.74) is 6.85. The number of rotatable bonds is 4. The molecule has 0 unspecified atom stereocenters. The number of hydrogen-bond acceptors (Lipinski definition) is 5. The third-order valence-electron chi connectivity index (χ3n) is 2.61. The van der Waals surface area contributed by atoms with E-state index >= 15 is 0 Å². The van der Waals surface area contributed by atoms with Crippen molar-refractivity contribution in [1.29, 1.82) is 0 Å². The second-order valence-corrected chi connectivity index (χ2v) is 4.74. The number of nitrogens with zero attached hydrogens (tertiary/aromatic N) is 3. The largest absolute Gasteiger partial charge is 0.368 e. The van der Waals surface area contributed by atoms with Gasteiger partial charge in [0.1, 0.15) is 0 Å². The van der Waals surface area contributed by atoms with Crippen molar-refractivity contribution >= 4 is 11.5 Å². The SMILES string of the molecule is CC(C)CNc1cc(N2CC(N)C2)cnn1. The lowest BCUT2D eigenvalue weighted by Gasteiger charge is -2.38. The van der Waals surface area contributed by atoms with Gasteiger partial charge in [-0.2, -0.15) is 5.10 Å². The Labute approximate surface area is 96.0 Å². The monoisotopic (exact) mass is 221 g/mol. The van der Waals surface area contributed by atoms with Gasteiger partial charge in [-0.1, -0.05) is 13.8 Å². The molecule has 0 bridgehead atoms. The van der Waals surface area contributed by atoms with Crippen LogP contribution in [0.2, 0.25) is 0 Å². The van der Waals surface area contributed by atoms with Gasteiger partial charge in [0, 0.05) is 31.7 Å². The summed E-state index contributed by atoms with van der Waals surface area (Å²) in [5.74, 6) is 1.44. The van der Waals surface area contributed by atoms with E-state index < -0.39 is 0 Å². The summed E-state index contributed by atoms with van der Waals surface area (Å²) in [4.78, 5) is 2.21. The smallest absolute Gasteiger partial charge is 0.150 e. The minimum atomic E-state index is 0.306. The third-order valence-corrected chi connectivity index (χ3v) is 2.61. The highest BCUT2D eigenvalue weighted by atomic mass is 15.2. The summed E-state index contributed by atoms with van der Waals surface area (Å²) >= 11 is 0. The van der Waals surface area contributed by atoms with E-state index in [1.54, 1.807) is 6.20 Å². The highest BCUT2D eigenvalue weighted by molar-refractivity contribution is 5.54. The minimum absolute atomic E-state index is 0.306. The van der Waals surface area contributed by atoms with Gasteiger partial charge in [-0.3, -0.25) is 0 Å². The van der Waals surface area contributed by atoms with Crippen molar-refractivity contribution in [3.8, 4) is 0 Å². The number of nitrogens with one attached hydrogen (secondary N) is 1. The molecule has 2 heterocycles. The Morgan fingerprint density at radius 1 is 1.56 bits per heavy atom. The van der Waals surface area contributed by atoms with E-state index in [2.05, 4.69) is 34.3 Å². The van der Waals surface area contributed by atoms with Crippen molar-refractivity contribution in [2.45, 2.75) is 19.9 Å². The van der Waals surface area contributed by atoms with Gasteiger partial charge in [-0.25, -0.2) is 0 Å². The number of hydrogen-bond donors (Lipinski definition) is 2. The van der Waals surface area contributed by atoms with E-state index in [9.17, 15) is 0 Å². The van der Waals surface area contributed by atoms with Gasteiger partial charge in [0.25, 0.3) is 0 Å². The second kappa shape index (κ2) is 4.65. The van der Waals surface area contributed by atoms with Gasteiger partial charge in [-0.15, -0.1) is 5.10 Å². The Hall–Kier alpha value is -1.36. The maximum Gasteiger partial charge on any atom is 0.150 e. The average Bonchev–Trinajstić information content (AvgIpc) is 2.22. The molecule has 88 valence electrons. The van der Waals surface area contributed by atoms with E-state index in [0.717, 1.165) is 31.1 Å². The normalized spacial score (nSPS) is 16.4. The molecule has 16 heavy (non-hydrogen) atoms. The maximum atomic E-state index is 5.75. The molecule has 5 heteroatoms. The molecule has 0 amide bonds. The fourth-order valence-electron chi connectivity index (χ4n) is 1.65. The van der Waals surface area contributed by atoms with Crippen LogP contribution in [0, 0.1) is 5.92 Å². The molecule has 0 atom stereocenters. The Balaban J connectivity index is 1.96. The Morgan fingerprint density at radius 2 is 2.31 bits per heavy atom. The molecule has 0 aromatic carbocycles. The van der Waals surface area contributed by atoms with Crippen LogP contribution in [-0.4, -0.2) is 35.9 Å². The molecule has 1 saturated heterocycles. The van der Waals surface area contributed by atoms with E-state index in [4.69, 9.17) is 5.73 Å². The Bertz CT molecular complexity index is 346. The first kappa shape index (κ1) is 11.1. The summed E-state index contributed by atoms with van der Waals surface area (Å²) in [6, 6.07) is 2.33. The van der Waals surface area contributed by atoms with Crippen molar-refractivity contribution in [1.82, 2.24) is 10.2 Å². The topological polar surface area (TPSA) is 67.1 Å². The second-order valence-electron chi connectivity index (χ2n) is 4.74. The zero-order chi connectivity index (χ0) is 11.5. The summed E-state index contributed by atoms with van der Waals surface area (Å²) in [7, 11) is 0. The molecule has 1 fully saturated rings. The molecule has 1 aliphatic rings. The molecule has 0 spiro atoms. The molecule has 5 nitrogen and oxygen atoms in total. The average molecular weight is 221 g/mol. The summed E-state index contributed by atoms with van der Waals surface area (Å²) < 4.78 is 0. The highest BCUT2D eigenvalue weighted by Gasteiger charge is 2.23. The van der Waals surface area contributed by atoms with Crippen molar-refractivity contribution in [3.63, 3.8) is 0 Å². The predicted octanol–water partition coefficient (Wildman–Crippen LogP) is 0.692. The predicted molar refractivity (Wildman–Crippen MR) is 65.5 cm³/mol. The van der Waals surface area contributed by atoms with Crippen LogP contribution in [0.5, 0.6) is 0 Å². The van der Waals surface area contributed by atoms with Crippen LogP contribution < -0.4 is 16.0 Å². The number of nitrogens with two attached hydrogens (primary N) is 1. The van der Waals surface area contributed by atoms with Crippen molar-refractivity contribution in [2.24, 2.45) is 11.7 Å². The van der Waals surface area contributed by atoms with Crippen LogP contribution in [0.4, 0.5) is 11.5 Å². The van der Waals surface area contributed by atoms with E-state index in [0.29, 0.717) is 12.0 Å². The zero-order valence-electron chi connectivity index (χ0n) is 9.85. The van der Waals surface area contributed by atoms with Crippen molar-refractivity contribution in [3.05, 3.63) is 12.3 Å². The molecule has 1 aliphatic heterocycles. The quantitative estimate of drug-likeness (QED) is 0.783. The maximum absolute atomic E-state index is 5.75. The standard InChI is InChI=1S/C11H19N5/c1-8(2)4-13-11-3-10(5-14-15-11)16-6-9(12)7-16/h3,5,8-9H,4,6-7,12H2,1-2H3,(H,13,15). The molecule has 1 aromatic rings. The van der Waals surface area contributed by atoms with Gasteiger partial charge in [0.05, 0.1) is 11.9 Å². The van der Waals surface area contributed by atoms with E-state index in [1.165, 1.54) is 0 Å². The first-order chi connectivity index (χ1) is 7.65. The number of anilines is 2. The molecular weight excluding hydrogens is 202 g/mol. The van der Waals surface area contributed by atoms with Crippen LogP contribution in [0.1, 0.15) is 13.8 Å². The zero-order valence-corrected chi connectivity index (χ0v) is 9.85.